The predicted molar refractivity (Wildman–Crippen MR) is 79.1 cm³/mol. The van der Waals surface area contributed by atoms with Crippen LogP contribution in [0.5, 0.6) is 0 Å². The largest absolute Gasteiger partial charge is 0.315 e. The molecule has 0 saturated carbocycles. The monoisotopic (exact) mass is 278 g/mol. The van der Waals surface area contributed by atoms with Gasteiger partial charge in [0.15, 0.2) is 0 Å². The molecular formula is C15H19FN2S. The number of thiazole rings is 1. The summed E-state index contributed by atoms with van der Waals surface area (Å²) >= 11 is 1.57. The van der Waals surface area contributed by atoms with Crippen LogP contribution in [0, 0.1) is 12.7 Å². The fourth-order valence-corrected chi connectivity index (χ4v) is 3.27. The first kappa shape index (κ1) is 14.2. The Morgan fingerprint density at radius 3 is 2.74 bits per heavy atom. The van der Waals surface area contributed by atoms with Crippen molar-refractivity contribution >= 4 is 11.3 Å². The van der Waals surface area contributed by atoms with Gasteiger partial charge in [-0.1, -0.05) is 25.5 Å². The minimum Gasteiger partial charge on any atom is -0.315 e. The normalized spacial score (nSPS) is 11.3. The van der Waals surface area contributed by atoms with Gasteiger partial charge in [-0.05, 0) is 32.0 Å². The fraction of sp³-hybridized carbons (Fsp3) is 0.400. The number of nitrogens with zero attached hydrogens (tertiary/aromatic N) is 1. The van der Waals surface area contributed by atoms with Crippen LogP contribution in [0.15, 0.2) is 18.2 Å². The van der Waals surface area contributed by atoms with E-state index in [0.717, 1.165) is 22.8 Å². The van der Waals surface area contributed by atoms with E-state index in [-0.39, 0.29) is 5.82 Å². The summed E-state index contributed by atoms with van der Waals surface area (Å²) in [5.74, 6) is 0.145. The lowest BCUT2D eigenvalue weighted by atomic mass is 10.1. The lowest BCUT2D eigenvalue weighted by Crippen LogP contribution is -2.06. The molecule has 19 heavy (non-hydrogen) atoms. The Morgan fingerprint density at radius 2 is 2.11 bits per heavy atom. The second-order valence-electron chi connectivity index (χ2n) is 5.00. The molecule has 0 fully saturated rings. The Bertz CT molecular complexity index is 576. The van der Waals surface area contributed by atoms with E-state index in [1.165, 1.54) is 10.9 Å². The van der Waals surface area contributed by atoms with Gasteiger partial charge < -0.3 is 5.32 Å². The maximum Gasteiger partial charge on any atom is 0.133 e. The third kappa shape index (κ3) is 3.01. The topological polar surface area (TPSA) is 24.9 Å². The Balaban J connectivity index is 2.50. The molecule has 0 aliphatic heterocycles. The summed E-state index contributed by atoms with van der Waals surface area (Å²) in [5.41, 5.74) is 2.72. The first-order valence-corrected chi connectivity index (χ1v) is 7.25. The van der Waals surface area contributed by atoms with Crippen LogP contribution in [0.1, 0.15) is 35.9 Å². The highest BCUT2D eigenvalue weighted by Gasteiger charge is 2.16. The van der Waals surface area contributed by atoms with Gasteiger partial charge in [0.25, 0.3) is 0 Å². The highest BCUT2D eigenvalue weighted by Crippen LogP contribution is 2.33. The van der Waals surface area contributed by atoms with Crippen LogP contribution < -0.4 is 5.32 Å². The average molecular weight is 278 g/mol. The zero-order chi connectivity index (χ0) is 14.0. The molecule has 0 radical (unpaired) electrons. The van der Waals surface area contributed by atoms with Crippen LogP contribution in [-0.2, 0) is 6.54 Å². The van der Waals surface area contributed by atoms with Crippen molar-refractivity contribution in [3.8, 4) is 10.6 Å². The molecule has 2 rings (SSSR count). The molecule has 0 spiro atoms. The van der Waals surface area contributed by atoms with Crippen LogP contribution in [0.25, 0.3) is 10.6 Å². The molecule has 0 unspecified atom stereocenters. The van der Waals surface area contributed by atoms with Gasteiger partial charge in [-0.3, -0.25) is 0 Å². The maximum atomic E-state index is 13.9. The zero-order valence-electron chi connectivity index (χ0n) is 11.7. The molecule has 0 amide bonds. The zero-order valence-corrected chi connectivity index (χ0v) is 12.6. The summed E-state index contributed by atoms with van der Waals surface area (Å²) < 4.78 is 13.9. The Hall–Kier alpha value is -1.26. The van der Waals surface area contributed by atoms with E-state index in [9.17, 15) is 4.39 Å². The molecule has 0 aliphatic carbocycles. The molecule has 2 aromatic rings. The Labute approximate surface area is 117 Å². The second-order valence-corrected chi connectivity index (χ2v) is 6.08. The van der Waals surface area contributed by atoms with Crippen LogP contribution in [-0.4, -0.2) is 12.0 Å². The predicted octanol–water partition coefficient (Wildman–Crippen LogP) is 4.10. The van der Waals surface area contributed by atoms with Gasteiger partial charge in [-0.25, -0.2) is 9.37 Å². The van der Waals surface area contributed by atoms with E-state index in [2.05, 4.69) is 24.1 Å². The van der Waals surface area contributed by atoms with Crippen LogP contribution in [0.2, 0.25) is 0 Å². The standard InChI is InChI=1S/C15H19FN2S/c1-9(2)14-13(8-17-4)19-15(18-14)11-7-10(3)5-6-12(11)16/h5-7,9,17H,8H2,1-4H3. The summed E-state index contributed by atoms with van der Waals surface area (Å²) in [6, 6.07) is 5.16. The SMILES string of the molecule is CNCc1sc(-c2cc(C)ccc2F)nc1C(C)C. The molecule has 2 nitrogen and oxygen atoms in total. The highest BCUT2D eigenvalue weighted by atomic mass is 32.1. The minimum absolute atomic E-state index is 0.203. The van der Waals surface area contributed by atoms with Gasteiger partial charge in [0.2, 0.25) is 0 Å². The Kier molecular flexibility index (Phi) is 4.32. The van der Waals surface area contributed by atoms with E-state index in [1.807, 2.05) is 20.0 Å². The summed E-state index contributed by atoms with van der Waals surface area (Å²) in [7, 11) is 1.91. The molecule has 0 aliphatic rings. The summed E-state index contributed by atoms with van der Waals surface area (Å²) in [6.07, 6.45) is 0. The van der Waals surface area contributed by atoms with E-state index in [1.54, 1.807) is 17.4 Å². The second kappa shape index (κ2) is 5.80. The minimum atomic E-state index is -0.203. The average Bonchev–Trinajstić information content (AvgIpc) is 2.77. The third-order valence-corrected chi connectivity index (χ3v) is 4.07. The molecule has 0 bridgehead atoms. The third-order valence-electron chi connectivity index (χ3n) is 2.96. The number of rotatable bonds is 4. The quantitative estimate of drug-likeness (QED) is 0.910. The summed E-state index contributed by atoms with van der Waals surface area (Å²) in [5, 5.41) is 3.92. The van der Waals surface area contributed by atoms with Gasteiger partial charge in [0.1, 0.15) is 10.8 Å². The first-order valence-electron chi connectivity index (χ1n) is 6.43. The lowest BCUT2D eigenvalue weighted by Gasteiger charge is -2.03. The van der Waals surface area contributed by atoms with Crippen molar-refractivity contribution in [2.45, 2.75) is 33.2 Å². The van der Waals surface area contributed by atoms with E-state index < -0.39 is 0 Å². The van der Waals surface area contributed by atoms with E-state index in [0.29, 0.717) is 11.5 Å². The van der Waals surface area contributed by atoms with Crippen LogP contribution in [0.3, 0.4) is 0 Å². The molecule has 1 heterocycles. The molecule has 4 heteroatoms. The molecular weight excluding hydrogens is 259 g/mol. The number of benzene rings is 1. The molecule has 0 atom stereocenters. The van der Waals surface area contributed by atoms with Gasteiger partial charge in [0.05, 0.1) is 5.69 Å². The van der Waals surface area contributed by atoms with Crippen LogP contribution in [0.4, 0.5) is 4.39 Å². The molecule has 0 saturated heterocycles. The van der Waals surface area contributed by atoms with Crippen molar-refractivity contribution in [2.24, 2.45) is 0 Å². The van der Waals surface area contributed by atoms with Crippen molar-refractivity contribution in [2.75, 3.05) is 7.05 Å². The number of halogens is 1. The summed E-state index contributed by atoms with van der Waals surface area (Å²) in [4.78, 5) is 5.83. The van der Waals surface area contributed by atoms with Crippen molar-refractivity contribution in [1.82, 2.24) is 10.3 Å². The van der Waals surface area contributed by atoms with Gasteiger partial charge in [0, 0.05) is 17.0 Å². The summed E-state index contributed by atoms with van der Waals surface area (Å²) in [6.45, 7) is 6.97. The molecule has 1 aromatic carbocycles. The lowest BCUT2D eigenvalue weighted by molar-refractivity contribution is 0.630. The first-order chi connectivity index (χ1) is 9.02. The van der Waals surface area contributed by atoms with Crippen molar-refractivity contribution in [3.05, 3.63) is 40.2 Å². The van der Waals surface area contributed by atoms with E-state index >= 15 is 0 Å². The molecule has 102 valence electrons. The number of aromatic nitrogens is 1. The smallest absolute Gasteiger partial charge is 0.133 e. The van der Waals surface area contributed by atoms with Crippen LogP contribution >= 0.6 is 11.3 Å². The number of aryl methyl sites for hydroxylation is 1. The van der Waals surface area contributed by atoms with Gasteiger partial charge in [-0.2, -0.15) is 0 Å². The van der Waals surface area contributed by atoms with Gasteiger partial charge >= 0.3 is 0 Å². The number of hydrogen-bond acceptors (Lipinski definition) is 3. The van der Waals surface area contributed by atoms with Crippen molar-refractivity contribution in [3.63, 3.8) is 0 Å². The Morgan fingerprint density at radius 1 is 1.37 bits per heavy atom. The van der Waals surface area contributed by atoms with Gasteiger partial charge in [-0.15, -0.1) is 11.3 Å². The molecule has 1 N–H and O–H groups in total. The fourth-order valence-electron chi connectivity index (χ4n) is 2.02. The maximum absolute atomic E-state index is 13.9. The van der Waals surface area contributed by atoms with E-state index in [4.69, 9.17) is 0 Å². The van der Waals surface area contributed by atoms with Crippen molar-refractivity contribution in [1.29, 1.82) is 0 Å². The highest BCUT2D eigenvalue weighted by molar-refractivity contribution is 7.15. The molecule has 1 aromatic heterocycles. The van der Waals surface area contributed by atoms with Crippen molar-refractivity contribution < 1.29 is 4.39 Å². The number of hydrogen-bond donors (Lipinski definition) is 1. The number of nitrogens with one attached hydrogen (secondary N) is 1.